The molecule has 0 saturated heterocycles. The third-order valence-corrected chi connectivity index (χ3v) is 1.60. The Bertz CT molecular complexity index is 183. The highest BCUT2D eigenvalue weighted by atomic mass is 16.7. The first kappa shape index (κ1) is 10.5. The Kier molecular flexibility index (Phi) is 3.27. The summed E-state index contributed by atoms with van der Waals surface area (Å²) in [5.74, 6) is -0.109. The molecule has 0 heterocycles. The van der Waals surface area contributed by atoms with Crippen molar-refractivity contribution in [2.45, 2.75) is 45.3 Å². The van der Waals surface area contributed by atoms with E-state index in [2.05, 4.69) is 10.8 Å². The Balaban J connectivity index is 2.03. The summed E-state index contributed by atoms with van der Waals surface area (Å²) in [6.07, 6.45) is 2.38. The summed E-state index contributed by atoms with van der Waals surface area (Å²) in [4.78, 5) is 16.2. The average Bonchev–Trinajstić information content (AvgIpc) is 2.78. The molecule has 0 spiro atoms. The van der Waals surface area contributed by atoms with Crippen LogP contribution >= 0.6 is 0 Å². The van der Waals surface area contributed by atoms with Crippen LogP contribution < -0.4 is 10.8 Å². The molecule has 1 amide bonds. The van der Waals surface area contributed by atoms with E-state index in [0.29, 0.717) is 12.6 Å². The summed E-state index contributed by atoms with van der Waals surface area (Å²) in [5.41, 5.74) is 2.08. The van der Waals surface area contributed by atoms with Crippen LogP contribution in [0.25, 0.3) is 0 Å². The quantitative estimate of drug-likeness (QED) is 0.632. The highest BCUT2D eigenvalue weighted by Gasteiger charge is 2.21. The third-order valence-electron chi connectivity index (χ3n) is 1.60. The van der Waals surface area contributed by atoms with Gasteiger partial charge in [0.05, 0.1) is 12.1 Å². The van der Waals surface area contributed by atoms with Gasteiger partial charge in [-0.25, -0.2) is 5.48 Å². The third kappa shape index (κ3) is 5.60. The fourth-order valence-corrected chi connectivity index (χ4v) is 0.771. The van der Waals surface area contributed by atoms with E-state index in [0.717, 1.165) is 0 Å². The fourth-order valence-electron chi connectivity index (χ4n) is 0.771. The van der Waals surface area contributed by atoms with Crippen LogP contribution in [0.1, 0.15) is 33.6 Å². The van der Waals surface area contributed by atoms with Gasteiger partial charge < -0.3 is 5.32 Å². The molecule has 13 heavy (non-hydrogen) atoms. The Hall–Kier alpha value is -0.610. The van der Waals surface area contributed by atoms with Gasteiger partial charge in [-0.3, -0.25) is 9.63 Å². The van der Waals surface area contributed by atoms with Gasteiger partial charge in [0.2, 0.25) is 0 Å². The van der Waals surface area contributed by atoms with Gasteiger partial charge in [-0.2, -0.15) is 0 Å². The van der Waals surface area contributed by atoms with Crippen molar-refractivity contribution >= 4 is 5.91 Å². The van der Waals surface area contributed by atoms with Crippen molar-refractivity contribution in [3.8, 4) is 0 Å². The lowest BCUT2D eigenvalue weighted by Crippen LogP contribution is -2.39. The maximum Gasteiger partial charge on any atom is 0.257 e. The van der Waals surface area contributed by atoms with Crippen LogP contribution in [0.5, 0.6) is 0 Å². The molecule has 1 saturated carbocycles. The molecule has 2 N–H and O–H groups in total. The molecular formula is C9H18N2O2. The second kappa shape index (κ2) is 4.07. The predicted molar refractivity (Wildman–Crippen MR) is 50.0 cm³/mol. The zero-order valence-corrected chi connectivity index (χ0v) is 8.52. The van der Waals surface area contributed by atoms with Crippen LogP contribution in [-0.2, 0) is 9.63 Å². The number of nitrogens with one attached hydrogen (secondary N) is 2. The number of amides is 1. The van der Waals surface area contributed by atoms with E-state index in [1.807, 2.05) is 20.8 Å². The van der Waals surface area contributed by atoms with E-state index < -0.39 is 0 Å². The van der Waals surface area contributed by atoms with Gasteiger partial charge in [0.15, 0.2) is 0 Å². The number of hydroxylamine groups is 1. The molecule has 1 rings (SSSR count). The molecule has 0 aliphatic heterocycles. The van der Waals surface area contributed by atoms with Crippen LogP contribution in [-0.4, -0.2) is 24.1 Å². The predicted octanol–water partition coefficient (Wildman–Crippen LogP) is 0.585. The minimum atomic E-state index is -0.324. The summed E-state index contributed by atoms with van der Waals surface area (Å²) >= 11 is 0. The largest absolute Gasteiger partial charge is 0.306 e. The van der Waals surface area contributed by atoms with Crippen molar-refractivity contribution in [2.24, 2.45) is 0 Å². The topological polar surface area (TPSA) is 50.4 Å². The normalized spacial score (nSPS) is 17.2. The maximum atomic E-state index is 11.1. The summed E-state index contributed by atoms with van der Waals surface area (Å²) in [6.45, 7) is 6.02. The summed E-state index contributed by atoms with van der Waals surface area (Å²) < 4.78 is 0. The van der Waals surface area contributed by atoms with Crippen molar-refractivity contribution in [3.05, 3.63) is 0 Å². The maximum absolute atomic E-state index is 11.1. The number of carbonyl (C=O) groups is 1. The van der Waals surface area contributed by atoms with Gasteiger partial charge in [-0.15, -0.1) is 0 Å². The smallest absolute Gasteiger partial charge is 0.257 e. The molecule has 4 nitrogen and oxygen atoms in total. The SMILES string of the molecule is CC(C)(C)ONC(=O)CNC1CC1. The zero-order chi connectivity index (χ0) is 9.90. The lowest BCUT2D eigenvalue weighted by molar-refractivity contribution is -0.144. The van der Waals surface area contributed by atoms with Crippen molar-refractivity contribution in [3.63, 3.8) is 0 Å². The molecule has 4 heteroatoms. The zero-order valence-electron chi connectivity index (χ0n) is 8.52. The van der Waals surface area contributed by atoms with Crippen LogP contribution in [0.2, 0.25) is 0 Å². The monoisotopic (exact) mass is 186 g/mol. The molecule has 1 aliphatic carbocycles. The molecule has 0 aromatic carbocycles. The minimum Gasteiger partial charge on any atom is -0.306 e. The molecule has 0 atom stereocenters. The van der Waals surface area contributed by atoms with Gasteiger partial charge in [0.25, 0.3) is 5.91 Å². The Morgan fingerprint density at radius 1 is 1.46 bits per heavy atom. The van der Waals surface area contributed by atoms with Gasteiger partial charge in [0.1, 0.15) is 0 Å². The van der Waals surface area contributed by atoms with E-state index in [9.17, 15) is 4.79 Å². The minimum absolute atomic E-state index is 0.109. The van der Waals surface area contributed by atoms with Crippen LogP contribution in [0.15, 0.2) is 0 Å². The molecule has 0 bridgehead atoms. The van der Waals surface area contributed by atoms with E-state index >= 15 is 0 Å². The lowest BCUT2D eigenvalue weighted by Gasteiger charge is -2.18. The molecule has 0 aromatic rings. The highest BCUT2D eigenvalue weighted by molar-refractivity contribution is 5.76. The summed E-state index contributed by atoms with van der Waals surface area (Å²) in [5, 5.41) is 3.10. The first-order valence-corrected chi connectivity index (χ1v) is 4.67. The van der Waals surface area contributed by atoms with Crippen molar-refractivity contribution in [2.75, 3.05) is 6.54 Å². The first-order chi connectivity index (χ1) is 5.97. The number of rotatable bonds is 4. The molecule has 0 aromatic heterocycles. The second-order valence-corrected chi connectivity index (χ2v) is 4.39. The van der Waals surface area contributed by atoms with Gasteiger partial charge >= 0.3 is 0 Å². The number of carbonyl (C=O) groups excluding carboxylic acids is 1. The number of hydrogen-bond donors (Lipinski definition) is 2. The average molecular weight is 186 g/mol. The second-order valence-electron chi connectivity index (χ2n) is 4.39. The summed E-state index contributed by atoms with van der Waals surface area (Å²) in [6, 6.07) is 0.556. The number of hydrogen-bond acceptors (Lipinski definition) is 3. The van der Waals surface area contributed by atoms with Crippen molar-refractivity contribution in [1.82, 2.24) is 10.8 Å². The van der Waals surface area contributed by atoms with Crippen molar-refractivity contribution in [1.29, 1.82) is 0 Å². The first-order valence-electron chi connectivity index (χ1n) is 4.67. The Labute approximate surface area is 79.0 Å². The Morgan fingerprint density at radius 3 is 2.54 bits per heavy atom. The van der Waals surface area contributed by atoms with Crippen molar-refractivity contribution < 1.29 is 9.63 Å². The lowest BCUT2D eigenvalue weighted by atomic mass is 10.2. The molecule has 0 radical (unpaired) electrons. The fraction of sp³-hybridized carbons (Fsp3) is 0.889. The van der Waals surface area contributed by atoms with E-state index in [1.54, 1.807) is 0 Å². The van der Waals surface area contributed by atoms with Gasteiger partial charge in [-0.1, -0.05) is 0 Å². The summed E-state index contributed by atoms with van der Waals surface area (Å²) in [7, 11) is 0. The van der Waals surface area contributed by atoms with Crippen LogP contribution in [0.3, 0.4) is 0 Å². The molecule has 76 valence electrons. The van der Waals surface area contributed by atoms with Gasteiger partial charge in [-0.05, 0) is 33.6 Å². The van der Waals surface area contributed by atoms with E-state index in [-0.39, 0.29) is 11.5 Å². The molecular weight excluding hydrogens is 168 g/mol. The standard InChI is InChI=1S/C9H18N2O2/c1-9(2,3)13-11-8(12)6-10-7-4-5-7/h7,10H,4-6H2,1-3H3,(H,11,12). The molecule has 1 fully saturated rings. The van der Waals surface area contributed by atoms with Crippen LogP contribution in [0.4, 0.5) is 0 Å². The molecule has 1 aliphatic rings. The van der Waals surface area contributed by atoms with E-state index in [1.165, 1.54) is 12.8 Å². The van der Waals surface area contributed by atoms with Crippen LogP contribution in [0, 0.1) is 0 Å². The van der Waals surface area contributed by atoms with E-state index in [4.69, 9.17) is 4.84 Å². The highest BCUT2D eigenvalue weighted by Crippen LogP contribution is 2.17. The Morgan fingerprint density at radius 2 is 2.08 bits per heavy atom. The van der Waals surface area contributed by atoms with Gasteiger partial charge in [0, 0.05) is 6.04 Å². The molecule has 0 unspecified atom stereocenters.